The van der Waals surface area contributed by atoms with Crippen LogP contribution in [0.3, 0.4) is 0 Å². The van der Waals surface area contributed by atoms with Gasteiger partial charge in [-0.1, -0.05) is 62.2 Å². The minimum Gasteiger partial charge on any atom is -0.352 e. The van der Waals surface area contributed by atoms with Crippen LogP contribution in [0, 0.1) is 13.8 Å². The molecule has 2 aromatic rings. The highest BCUT2D eigenvalue weighted by Crippen LogP contribution is 2.25. The van der Waals surface area contributed by atoms with E-state index >= 15 is 0 Å². The third kappa shape index (κ3) is 8.32. The fourth-order valence-electron chi connectivity index (χ4n) is 5.23. The van der Waals surface area contributed by atoms with Gasteiger partial charge in [0, 0.05) is 25.6 Å². The Morgan fingerprint density at radius 3 is 2.34 bits per heavy atom. The lowest BCUT2D eigenvalue weighted by atomic mass is 10.1. The van der Waals surface area contributed by atoms with Gasteiger partial charge in [0.1, 0.15) is 6.04 Å². The van der Waals surface area contributed by atoms with Crippen LogP contribution in [-0.2, 0) is 26.0 Å². The van der Waals surface area contributed by atoms with E-state index in [1.54, 1.807) is 4.90 Å². The summed E-state index contributed by atoms with van der Waals surface area (Å²) < 4.78 is 26.7. The first kappa shape index (κ1) is 29.7. The number of carbonyl (C=O) groups is 2. The van der Waals surface area contributed by atoms with Crippen molar-refractivity contribution < 1.29 is 18.0 Å². The number of anilines is 1. The molecule has 0 saturated heterocycles. The molecule has 1 saturated carbocycles. The highest BCUT2D eigenvalue weighted by molar-refractivity contribution is 7.92. The van der Waals surface area contributed by atoms with Gasteiger partial charge in [0.2, 0.25) is 21.8 Å². The molecule has 0 spiro atoms. The van der Waals surface area contributed by atoms with Gasteiger partial charge < -0.3 is 10.2 Å². The first-order valence-corrected chi connectivity index (χ1v) is 15.6. The molecule has 0 unspecified atom stereocenters. The Labute approximate surface area is 228 Å². The average Bonchev–Trinajstić information content (AvgIpc) is 3.38. The monoisotopic (exact) mass is 541 g/mol. The summed E-state index contributed by atoms with van der Waals surface area (Å²) in [7, 11) is -3.53. The topological polar surface area (TPSA) is 86.8 Å². The summed E-state index contributed by atoms with van der Waals surface area (Å²) in [6.45, 7) is 6.39. The van der Waals surface area contributed by atoms with Gasteiger partial charge in [0.05, 0.1) is 11.9 Å². The number of benzene rings is 2. The minimum absolute atomic E-state index is 0.0889. The van der Waals surface area contributed by atoms with E-state index in [0.29, 0.717) is 31.5 Å². The maximum atomic E-state index is 13.6. The Kier molecular flexibility index (Phi) is 10.8. The van der Waals surface area contributed by atoms with E-state index in [4.69, 9.17) is 0 Å². The zero-order chi connectivity index (χ0) is 27.7. The lowest BCUT2D eigenvalue weighted by Crippen LogP contribution is -2.52. The van der Waals surface area contributed by atoms with E-state index < -0.39 is 16.1 Å². The molecular weight excluding hydrogens is 498 g/mol. The number of rotatable bonds is 13. The van der Waals surface area contributed by atoms with Crippen molar-refractivity contribution in [1.82, 2.24) is 10.2 Å². The summed E-state index contributed by atoms with van der Waals surface area (Å²) in [6, 6.07) is 15.3. The van der Waals surface area contributed by atoms with Crippen LogP contribution < -0.4 is 9.62 Å². The second-order valence-corrected chi connectivity index (χ2v) is 12.4. The molecule has 0 bridgehead atoms. The second-order valence-electron chi connectivity index (χ2n) is 10.5. The minimum atomic E-state index is -3.53. The fraction of sp³-hybridized carbons (Fsp3) is 0.533. The highest BCUT2D eigenvalue weighted by atomic mass is 32.2. The lowest BCUT2D eigenvalue weighted by Gasteiger charge is -2.32. The quantitative estimate of drug-likeness (QED) is 0.396. The van der Waals surface area contributed by atoms with Gasteiger partial charge in [-0.2, -0.15) is 0 Å². The molecule has 0 radical (unpaired) electrons. The SMILES string of the molecule is CC[C@H](C(=O)NC1CCCC1)N(CCc1ccccc1)C(=O)CCCN(c1cc(C)ccc1C)S(C)(=O)=O. The summed E-state index contributed by atoms with van der Waals surface area (Å²) in [5, 5.41) is 3.17. The van der Waals surface area contributed by atoms with Crippen molar-refractivity contribution in [3.63, 3.8) is 0 Å². The zero-order valence-corrected chi connectivity index (χ0v) is 24.1. The fourth-order valence-corrected chi connectivity index (χ4v) is 6.25. The zero-order valence-electron chi connectivity index (χ0n) is 23.3. The maximum absolute atomic E-state index is 13.6. The molecule has 2 amide bonds. The summed E-state index contributed by atoms with van der Waals surface area (Å²) in [4.78, 5) is 28.5. The maximum Gasteiger partial charge on any atom is 0.243 e. The Hall–Kier alpha value is -2.87. The summed E-state index contributed by atoms with van der Waals surface area (Å²) in [6.07, 6.45) is 7.11. The van der Waals surface area contributed by atoms with Crippen molar-refractivity contribution in [2.45, 2.75) is 84.2 Å². The summed E-state index contributed by atoms with van der Waals surface area (Å²) in [5.74, 6) is -0.210. The normalized spacial score (nSPS) is 14.7. The van der Waals surface area contributed by atoms with Crippen LogP contribution in [0.25, 0.3) is 0 Å². The molecule has 3 rings (SSSR count). The molecule has 208 valence electrons. The molecule has 1 aliphatic rings. The van der Waals surface area contributed by atoms with E-state index in [9.17, 15) is 18.0 Å². The first-order chi connectivity index (χ1) is 18.1. The van der Waals surface area contributed by atoms with E-state index in [0.717, 1.165) is 42.4 Å². The molecule has 0 aliphatic heterocycles. The van der Waals surface area contributed by atoms with Crippen LogP contribution >= 0.6 is 0 Å². The van der Waals surface area contributed by atoms with Crippen LogP contribution in [0.4, 0.5) is 5.69 Å². The lowest BCUT2D eigenvalue weighted by molar-refractivity contribution is -0.141. The van der Waals surface area contributed by atoms with Crippen molar-refractivity contribution >= 4 is 27.5 Å². The third-order valence-corrected chi connectivity index (χ3v) is 8.54. The van der Waals surface area contributed by atoms with Gasteiger partial charge in [-0.15, -0.1) is 0 Å². The largest absolute Gasteiger partial charge is 0.352 e. The standard InChI is InChI=1S/C30H43N3O4S/c1-5-27(30(35)31-26-14-9-10-15-26)32(21-19-25-12-7-6-8-13-25)29(34)16-11-20-33(38(4,36)37)28-22-23(2)17-18-24(28)3/h6-8,12-13,17-18,22,26-27H,5,9-11,14-16,19-21H2,1-4H3,(H,31,35)/t27-/m1/s1. The smallest absolute Gasteiger partial charge is 0.243 e. The van der Waals surface area contributed by atoms with E-state index in [1.165, 1.54) is 10.6 Å². The van der Waals surface area contributed by atoms with Gasteiger partial charge in [-0.3, -0.25) is 13.9 Å². The van der Waals surface area contributed by atoms with Crippen molar-refractivity contribution in [3.05, 3.63) is 65.2 Å². The number of hydrogen-bond donors (Lipinski definition) is 1. The summed E-state index contributed by atoms with van der Waals surface area (Å²) in [5.41, 5.74) is 3.59. The van der Waals surface area contributed by atoms with Crippen molar-refractivity contribution in [2.75, 3.05) is 23.7 Å². The Morgan fingerprint density at radius 1 is 1.03 bits per heavy atom. The molecule has 0 aromatic heterocycles. The van der Waals surface area contributed by atoms with Gasteiger partial charge in [0.25, 0.3) is 0 Å². The Morgan fingerprint density at radius 2 is 1.71 bits per heavy atom. The van der Waals surface area contributed by atoms with Gasteiger partial charge in [-0.25, -0.2) is 8.42 Å². The van der Waals surface area contributed by atoms with Gasteiger partial charge >= 0.3 is 0 Å². The number of carbonyl (C=O) groups excluding carboxylic acids is 2. The van der Waals surface area contributed by atoms with Crippen molar-refractivity contribution in [3.8, 4) is 0 Å². The van der Waals surface area contributed by atoms with E-state index in [1.807, 2.05) is 69.3 Å². The molecule has 7 nitrogen and oxygen atoms in total. The molecule has 2 aromatic carbocycles. The number of nitrogens with zero attached hydrogens (tertiary/aromatic N) is 2. The molecule has 1 atom stereocenters. The van der Waals surface area contributed by atoms with Crippen molar-refractivity contribution in [1.29, 1.82) is 0 Å². The predicted octanol–water partition coefficient (Wildman–Crippen LogP) is 4.76. The van der Waals surface area contributed by atoms with Crippen LogP contribution in [0.5, 0.6) is 0 Å². The van der Waals surface area contributed by atoms with Gasteiger partial charge in [0.15, 0.2) is 0 Å². The number of nitrogens with one attached hydrogen (secondary N) is 1. The molecule has 1 fully saturated rings. The van der Waals surface area contributed by atoms with Crippen molar-refractivity contribution in [2.24, 2.45) is 0 Å². The molecule has 1 N–H and O–H groups in total. The predicted molar refractivity (Wildman–Crippen MR) is 154 cm³/mol. The van der Waals surface area contributed by atoms with Crippen LogP contribution in [-0.4, -0.2) is 56.6 Å². The molecule has 38 heavy (non-hydrogen) atoms. The van der Waals surface area contributed by atoms with Gasteiger partial charge in [-0.05, 0) is 68.7 Å². The Bertz CT molecular complexity index is 1180. The first-order valence-electron chi connectivity index (χ1n) is 13.8. The van der Waals surface area contributed by atoms with Crippen LogP contribution in [0.1, 0.15) is 68.6 Å². The highest BCUT2D eigenvalue weighted by Gasteiger charge is 2.30. The molecule has 8 heteroatoms. The Balaban J connectivity index is 1.73. The van der Waals surface area contributed by atoms with E-state index in [-0.39, 0.29) is 30.8 Å². The van der Waals surface area contributed by atoms with Crippen LogP contribution in [0.2, 0.25) is 0 Å². The average molecular weight is 542 g/mol. The molecular formula is C30H43N3O4S. The second kappa shape index (κ2) is 13.8. The molecule has 0 heterocycles. The number of sulfonamides is 1. The van der Waals surface area contributed by atoms with E-state index in [2.05, 4.69) is 5.32 Å². The number of amides is 2. The number of hydrogen-bond acceptors (Lipinski definition) is 4. The number of aryl methyl sites for hydroxylation is 2. The third-order valence-electron chi connectivity index (χ3n) is 7.36. The molecule has 1 aliphatic carbocycles. The van der Waals surface area contributed by atoms with Crippen LogP contribution in [0.15, 0.2) is 48.5 Å². The summed E-state index contributed by atoms with van der Waals surface area (Å²) >= 11 is 0.